The second-order valence-electron chi connectivity index (χ2n) is 12.5. The van der Waals surface area contributed by atoms with E-state index >= 15 is 0 Å². The van der Waals surface area contributed by atoms with E-state index < -0.39 is 5.60 Å². The maximum absolute atomic E-state index is 11.5. The van der Waals surface area contributed by atoms with Gasteiger partial charge in [0, 0.05) is 25.9 Å². The van der Waals surface area contributed by atoms with Crippen molar-refractivity contribution < 1.29 is 19.0 Å². The van der Waals surface area contributed by atoms with Crippen LogP contribution in [0.15, 0.2) is 11.6 Å². The quantitative estimate of drug-likeness (QED) is 0.356. The van der Waals surface area contributed by atoms with Crippen LogP contribution in [-0.2, 0) is 19.0 Å². The van der Waals surface area contributed by atoms with Crippen LogP contribution in [0.25, 0.3) is 0 Å². The van der Waals surface area contributed by atoms with Crippen molar-refractivity contribution in [1.29, 1.82) is 5.26 Å². The number of ether oxygens (including phenoxy) is 3. The average Bonchev–Trinajstić information content (AvgIpc) is 3.17. The standard InChI is InChI=1S/C29H43NO4/c1-19(31)33-21-12-14-27(2)20(17-21)8-9-22-23-10-11-25(28(23,3)15-13-24(22)27)29(4,18-30)34-26-7-5-6-16-32-26/h8,21-26H,5-7,9-17H2,1-4H3/t21-,22+,23+,24+,25+,26-,27-,28-,29-/m0/s1. The Hall–Kier alpha value is -1.38. The number of rotatable bonds is 4. The van der Waals surface area contributed by atoms with Gasteiger partial charge in [0.25, 0.3) is 0 Å². The van der Waals surface area contributed by atoms with Gasteiger partial charge in [0.2, 0.25) is 0 Å². The van der Waals surface area contributed by atoms with Crippen LogP contribution in [0.3, 0.4) is 0 Å². The summed E-state index contributed by atoms with van der Waals surface area (Å²) in [6, 6.07) is 2.62. The molecular weight excluding hydrogens is 426 g/mol. The first kappa shape index (κ1) is 24.3. The number of hydrogen-bond donors (Lipinski definition) is 0. The van der Waals surface area contributed by atoms with E-state index in [1.807, 2.05) is 6.92 Å². The van der Waals surface area contributed by atoms with Crippen molar-refractivity contribution in [2.75, 3.05) is 6.61 Å². The largest absolute Gasteiger partial charge is 0.462 e. The highest BCUT2D eigenvalue weighted by atomic mass is 16.7. The molecule has 1 aliphatic heterocycles. The number of esters is 1. The Morgan fingerprint density at radius 1 is 1.15 bits per heavy atom. The molecule has 0 bridgehead atoms. The van der Waals surface area contributed by atoms with Crippen LogP contribution in [0.2, 0.25) is 0 Å². The molecule has 0 aromatic carbocycles. The van der Waals surface area contributed by atoms with Crippen LogP contribution < -0.4 is 0 Å². The van der Waals surface area contributed by atoms with E-state index in [1.54, 1.807) is 0 Å². The van der Waals surface area contributed by atoms with Crippen LogP contribution in [-0.4, -0.2) is 30.6 Å². The molecule has 4 fully saturated rings. The highest BCUT2D eigenvalue weighted by Gasteiger charge is 2.62. The Balaban J connectivity index is 1.35. The summed E-state index contributed by atoms with van der Waals surface area (Å²) < 4.78 is 18.0. The first-order valence-corrected chi connectivity index (χ1v) is 13.8. The SMILES string of the molecule is CC(=O)O[C@H]1CC[C@@]2(C)C(=CC[C@@H]3[C@H]4CC[C@@H]([C@](C)(C#N)O[C@H]5CCCCO5)[C@@]4(C)CC[C@H]32)C1. The molecule has 5 heteroatoms. The van der Waals surface area contributed by atoms with Crippen LogP contribution in [0, 0.1) is 45.8 Å². The number of nitrogens with zero attached hydrogens (tertiary/aromatic N) is 1. The number of carbonyl (C=O) groups is 1. The maximum atomic E-state index is 11.5. The van der Waals surface area contributed by atoms with Gasteiger partial charge in [-0.25, -0.2) is 0 Å². The van der Waals surface area contributed by atoms with Gasteiger partial charge in [0.05, 0.1) is 6.07 Å². The molecule has 1 saturated heterocycles. The van der Waals surface area contributed by atoms with Crippen LogP contribution in [0.4, 0.5) is 0 Å². The number of hydrogen-bond acceptors (Lipinski definition) is 5. The minimum Gasteiger partial charge on any atom is -0.462 e. The van der Waals surface area contributed by atoms with Gasteiger partial charge >= 0.3 is 5.97 Å². The molecule has 5 aliphatic rings. The Morgan fingerprint density at radius 3 is 2.68 bits per heavy atom. The van der Waals surface area contributed by atoms with Crippen molar-refractivity contribution in [2.45, 2.75) is 116 Å². The van der Waals surface area contributed by atoms with E-state index in [-0.39, 0.29) is 35.1 Å². The van der Waals surface area contributed by atoms with Crippen molar-refractivity contribution in [2.24, 2.45) is 34.5 Å². The lowest BCUT2D eigenvalue weighted by molar-refractivity contribution is -0.229. The van der Waals surface area contributed by atoms with E-state index in [0.717, 1.165) is 58.0 Å². The molecular formula is C29H43NO4. The number of nitriles is 1. The summed E-state index contributed by atoms with van der Waals surface area (Å²) in [5.74, 6) is 2.10. The zero-order valence-corrected chi connectivity index (χ0v) is 21.6. The van der Waals surface area contributed by atoms with E-state index in [4.69, 9.17) is 14.2 Å². The van der Waals surface area contributed by atoms with Crippen molar-refractivity contribution in [3.05, 3.63) is 11.6 Å². The lowest BCUT2D eigenvalue weighted by atomic mass is 9.47. The summed E-state index contributed by atoms with van der Waals surface area (Å²) in [5, 5.41) is 10.3. The average molecular weight is 470 g/mol. The molecule has 5 nitrogen and oxygen atoms in total. The number of fused-ring (bicyclic) bond motifs is 5. The highest BCUT2D eigenvalue weighted by Crippen LogP contribution is 2.67. The fourth-order valence-electron chi connectivity index (χ4n) is 9.13. The van der Waals surface area contributed by atoms with Crippen LogP contribution in [0.1, 0.15) is 98.3 Å². The zero-order valence-electron chi connectivity index (χ0n) is 21.6. The molecule has 0 unspecified atom stereocenters. The minimum absolute atomic E-state index is 0.0496. The molecule has 0 spiro atoms. The van der Waals surface area contributed by atoms with Crippen molar-refractivity contribution >= 4 is 5.97 Å². The molecule has 5 rings (SSSR count). The molecule has 34 heavy (non-hydrogen) atoms. The third-order valence-electron chi connectivity index (χ3n) is 10.8. The first-order chi connectivity index (χ1) is 16.2. The molecule has 0 amide bonds. The summed E-state index contributed by atoms with van der Waals surface area (Å²) in [6.45, 7) is 9.25. The molecule has 0 radical (unpaired) electrons. The van der Waals surface area contributed by atoms with Gasteiger partial charge in [-0.1, -0.05) is 25.5 Å². The molecule has 9 atom stereocenters. The summed E-state index contributed by atoms with van der Waals surface area (Å²) in [6.07, 6.45) is 14.2. The molecule has 188 valence electrons. The summed E-state index contributed by atoms with van der Waals surface area (Å²) in [5.41, 5.74) is 1.10. The Labute approximate surface area is 205 Å². The topological polar surface area (TPSA) is 68.6 Å². The molecule has 0 aromatic rings. The smallest absolute Gasteiger partial charge is 0.302 e. The molecule has 3 saturated carbocycles. The Morgan fingerprint density at radius 2 is 1.97 bits per heavy atom. The zero-order chi connectivity index (χ0) is 24.1. The van der Waals surface area contributed by atoms with Gasteiger partial charge in [0.15, 0.2) is 11.9 Å². The summed E-state index contributed by atoms with van der Waals surface area (Å²) >= 11 is 0. The first-order valence-electron chi connectivity index (χ1n) is 13.8. The molecule has 0 N–H and O–H groups in total. The van der Waals surface area contributed by atoms with Gasteiger partial charge in [-0.05, 0) is 99.7 Å². The van der Waals surface area contributed by atoms with Gasteiger partial charge < -0.3 is 14.2 Å². The highest BCUT2D eigenvalue weighted by molar-refractivity contribution is 5.66. The van der Waals surface area contributed by atoms with Gasteiger partial charge in [-0.2, -0.15) is 5.26 Å². The van der Waals surface area contributed by atoms with E-state index in [1.165, 1.54) is 31.8 Å². The van der Waals surface area contributed by atoms with Gasteiger partial charge in [-0.3, -0.25) is 4.79 Å². The number of allylic oxidation sites excluding steroid dienone is 1. The van der Waals surface area contributed by atoms with Crippen LogP contribution >= 0.6 is 0 Å². The lowest BCUT2D eigenvalue weighted by Gasteiger charge is -2.58. The molecule has 1 heterocycles. The minimum atomic E-state index is -0.792. The van der Waals surface area contributed by atoms with E-state index in [9.17, 15) is 10.1 Å². The maximum Gasteiger partial charge on any atom is 0.302 e. The third kappa shape index (κ3) is 3.94. The fourth-order valence-corrected chi connectivity index (χ4v) is 9.13. The second-order valence-corrected chi connectivity index (χ2v) is 12.5. The summed E-state index contributed by atoms with van der Waals surface area (Å²) in [7, 11) is 0. The van der Waals surface area contributed by atoms with Crippen molar-refractivity contribution in [3.8, 4) is 6.07 Å². The lowest BCUT2D eigenvalue weighted by Crippen LogP contribution is -2.54. The predicted molar refractivity (Wildman–Crippen MR) is 129 cm³/mol. The van der Waals surface area contributed by atoms with E-state index in [2.05, 4.69) is 26.0 Å². The Kier molecular flexibility index (Phi) is 6.39. The van der Waals surface area contributed by atoms with Gasteiger partial charge in [0.1, 0.15) is 6.10 Å². The number of carbonyl (C=O) groups excluding carboxylic acids is 1. The van der Waals surface area contributed by atoms with Crippen molar-refractivity contribution in [3.63, 3.8) is 0 Å². The fraction of sp³-hybridized carbons (Fsp3) is 0.862. The second kappa shape index (κ2) is 8.93. The van der Waals surface area contributed by atoms with Crippen LogP contribution in [0.5, 0.6) is 0 Å². The monoisotopic (exact) mass is 469 g/mol. The molecule has 0 aromatic heterocycles. The predicted octanol–water partition coefficient (Wildman–Crippen LogP) is 6.32. The normalized spacial score (nSPS) is 45.6. The third-order valence-corrected chi connectivity index (χ3v) is 10.8. The van der Waals surface area contributed by atoms with Gasteiger partial charge in [-0.15, -0.1) is 0 Å². The van der Waals surface area contributed by atoms with Crippen molar-refractivity contribution in [1.82, 2.24) is 0 Å². The summed E-state index contributed by atoms with van der Waals surface area (Å²) in [4.78, 5) is 11.5. The molecule has 4 aliphatic carbocycles. The van der Waals surface area contributed by atoms with E-state index in [0.29, 0.717) is 17.8 Å². The Bertz CT molecular complexity index is 872.